The molecule has 0 bridgehead atoms. The molecule has 0 atom stereocenters. The average molecular weight is 392 g/mol. The predicted molar refractivity (Wildman–Crippen MR) is 123 cm³/mol. The van der Waals surface area contributed by atoms with Crippen LogP contribution < -0.4 is 10.6 Å². The van der Waals surface area contributed by atoms with E-state index in [2.05, 4.69) is 65.9 Å². The molecule has 1 aliphatic carbocycles. The first-order valence-corrected chi connectivity index (χ1v) is 10.9. The molecule has 3 aromatic rings. The van der Waals surface area contributed by atoms with Crippen LogP contribution in [0, 0.1) is 0 Å². The molecule has 3 N–H and O–H groups in total. The number of hydrogen-bond donors (Lipinski definition) is 3. The van der Waals surface area contributed by atoms with Gasteiger partial charge in [-0.25, -0.2) is 0 Å². The lowest BCUT2D eigenvalue weighted by Crippen LogP contribution is -2.28. The summed E-state index contributed by atoms with van der Waals surface area (Å²) in [6.45, 7) is 5.10. The monoisotopic (exact) mass is 391 g/mol. The first-order chi connectivity index (χ1) is 13.7. The van der Waals surface area contributed by atoms with Crippen molar-refractivity contribution in [3.63, 3.8) is 0 Å². The molecule has 4 heteroatoms. The van der Waals surface area contributed by atoms with Crippen molar-refractivity contribution in [2.45, 2.75) is 58.9 Å². The van der Waals surface area contributed by atoms with Crippen molar-refractivity contribution in [3.8, 4) is 0 Å². The molecule has 0 saturated carbocycles. The molecular weight excluding hydrogens is 362 g/mol. The predicted octanol–water partition coefficient (Wildman–Crippen LogP) is 5.66. The third-order valence-corrected chi connectivity index (χ3v) is 6.10. The topological polar surface area (TPSA) is 39.8 Å². The van der Waals surface area contributed by atoms with Gasteiger partial charge < -0.3 is 15.6 Å². The summed E-state index contributed by atoms with van der Waals surface area (Å²) in [6.07, 6.45) is 6.96. The van der Waals surface area contributed by atoms with Crippen molar-refractivity contribution in [1.82, 2.24) is 10.3 Å². The molecule has 0 fully saturated rings. The standard InChI is InChI=1S/C24H29N3S/c1-3-17-8-7-9-18(4-2)23(17)27-24(28)25-15-16-12-13-22-20(14-16)19-10-5-6-11-21(19)26-22/h7-9,12-14,26H,3-6,10-11,15H2,1-2H3,(H2,25,27,28). The van der Waals surface area contributed by atoms with Crippen molar-refractivity contribution in [1.29, 1.82) is 0 Å². The van der Waals surface area contributed by atoms with Crippen LogP contribution >= 0.6 is 12.2 Å². The van der Waals surface area contributed by atoms with Gasteiger partial charge >= 0.3 is 0 Å². The lowest BCUT2D eigenvalue weighted by Gasteiger charge is -2.17. The molecule has 0 saturated heterocycles. The third kappa shape index (κ3) is 3.79. The minimum Gasteiger partial charge on any atom is -0.358 e. The fraction of sp³-hybridized carbons (Fsp3) is 0.375. The van der Waals surface area contributed by atoms with E-state index in [9.17, 15) is 0 Å². The van der Waals surface area contributed by atoms with Crippen molar-refractivity contribution in [3.05, 3.63) is 64.3 Å². The van der Waals surface area contributed by atoms with Gasteiger partial charge in [-0.2, -0.15) is 0 Å². The fourth-order valence-corrected chi connectivity index (χ4v) is 4.48. The smallest absolute Gasteiger partial charge is 0.171 e. The molecule has 2 aromatic carbocycles. The third-order valence-electron chi connectivity index (χ3n) is 5.85. The van der Waals surface area contributed by atoms with E-state index in [1.807, 2.05) is 0 Å². The van der Waals surface area contributed by atoms with E-state index in [1.165, 1.54) is 70.2 Å². The minimum atomic E-state index is 0.687. The molecule has 0 amide bonds. The van der Waals surface area contributed by atoms with Crippen LogP contribution in [0.4, 0.5) is 5.69 Å². The van der Waals surface area contributed by atoms with Crippen LogP contribution in [0.1, 0.15) is 54.6 Å². The first-order valence-electron chi connectivity index (χ1n) is 10.5. The van der Waals surface area contributed by atoms with Gasteiger partial charge in [0.05, 0.1) is 0 Å². The normalized spacial score (nSPS) is 13.4. The molecule has 146 valence electrons. The Hall–Kier alpha value is -2.33. The molecule has 0 unspecified atom stereocenters. The molecule has 4 rings (SSSR count). The lowest BCUT2D eigenvalue weighted by atomic mass is 9.95. The van der Waals surface area contributed by atoms with E-state index >= 15 is 0 Å². The van der Waals surface area contributed by atoms with Gasteiger partial charge in [-0.05, 0) is 85.1 Å². The van der Waals surface area contributed by atoms with Crippen LogP contribution in [0.3, 0.4) is 0 Å². The Kier molecular flexibility index (Phi) is 5.67. The van der Waals surface area contributed by atoms with E-state index in [0.29, 0.717) is 5.11 Å². The number of nitrogens with one attached hydrogen (secondary N) is 3. The number of thiocarbonyl (C=S) groups is 1. The Morgan fingerprint density at radius 2 is 1.79 bits per heavy atom. The number of anilines is 1. The largest absolute Gasteiger partial charge is 0.358 e. The first kappa shape index (κ1) is 19.0. The van der Waals surface area contributed by atoms with Crippen LogP contribution in [-0.4, -0.2) is 10.1 Å². The second-order valence-electron chi connectivity index (χ2n) is 7.64. The minimum absolute atomic E-state index is 0.687. The van der Waals surface area contributed by atoms with E-state index < -0.39 is 0 Å². The molecule has 1 heterocycles. The van der Waals surface area contributed by atoms with Crippen molar-refractivity contribution >= 4 is 33.9 Å². The van der Waals surface area contributed by atoms with Crippen LogP contribution in [0.25, 0.3) is 10.9 Å². The summed E-state index contributed by atoms with van der Waals surface area (Å²) in [5.74, 6) is 0. The summed E-state index contributed by atoms with van der Waals surface area (Å²) in [5, 5.41) is 8.92. The number of rotatable bonds is 5. The maximum absolute atomic E-state index is 5.60. The van der Waals surface area contributed by atoms with Gasteiger partial charge in [-0.3, -0.25) is 0 Å². The van der Waals surface area contributed by atoms with Crippen molar-refractivity contribution in [2.75, 3.05) is 5.32 Å². The Morgan fingerprint density at radius 3 is 2.54 bits per heavy atom. The number of aryl methyl sites for hydroxylation is 4. The maximum atomic E-state index is 5.60. The molecule has 1 aromatic heterocycles. The van der Waals surface area contributed by atoms with Gasteiger partial charge in [0.1, 0.15) is 0 Å². The van der Waals surface area contributed by atoms with E-state index in [1.54, 1.807) is 0 Å². The number of benzene rings is 2. The zero-order valence-corrected chi connectivity index (χ0v) is 17.6. The number of hydrogen-bond acceptors (Lipinski definition) is 1. The number of aromatic nitrogens is 1. The van der Waals surface area contributed by atoms with E-state index in [4.69, 9.17) is 12.2 Å². The summed E-state index contributed by atoms with van der Waals surface area (Å²) in [7, 11) is 0. The maximum Gasteiger partial charge on any atom is 0.171 e. The van der Waals surface area contributed by atoms with Crippen molar-refractivity contribution < 1.29 is 0 Å². The fourth-order valence-electron chi connectivity index (χ4n) is 4.31. The SMILES string of the molecule is CCc1cccc(CC)c1NC(=S)NCc1ccc2[nH]c3c(c2c1)CCCC3. The summed E-state index contributed by atoms with van der Waals surface area (Å²) < 4.78 is 0. The molecule has 1 aliphatic rings. The van der Waals surface area contributed by atoms with E-state index in [-0.39, 0.29) is 0 Å². The number of para-hydroxylation sites is 1. The zero-order valence-electron chi connectivity index (χ0n) is 16.8. The van der Waals surface area contributed by atoms with Gasteiger partial charge in [0.15, 0.2) is 5.11 Å². The molecule has 0 spiro atoms. The zero-order chi connectivity index (χ0) is 19.5. The Balaban J connectivity index is 1.47. The van der Waals surface area contributed by atoms with Gasteiger partial charge in [-0.1, -0.05) is 38.1 Å². The Labute approximate surface area is 172 Å². The number of aromatic amines is 1. The van der Waals surface area contributed by atoms with Crippen LogP contribution in [0.15, 0.2) is 36.4 Å². The summed E-state index contributed by atoms with van der Waals surface area (Å²) in [4.78, 5) is 3.61. The second-order valence-corrected chi connectivity index (χ2v) is 8.04. The lowest BCUT2D eigenvalue weighted by molar-refractivity contribution is 0.680. The molecule has 28 heavy (non-hydrogen) atoms. The summed E-state index contributed by atoms with van der Waals surface area (Å²) in [6, 6.07) is 13.2. The van der Waals surface area contributed by atoms with Crippen LogP contribution in [0.5, 0.6) is 0 Å². The van der Waals surface area contributed by atoms with Gasteiger partial charge in [-0.15, -0.1) is 0 Å². The average Bonchev–Trinajstić information content (AvgIpc) is 3.10. The van der Waals surface area contributed by atoms with E-state index in [0.717, 1.165) is 19.4 Å². The molecular formula is C24H29N3S. The van der Waals surface area contributed by atoms with Crippen LogP contribution in [0.2, 0.25) is 0 Å². The van der Waals surface area contributed by atoms with Crippen molar-refractivity contribution in [2.24, 2.45) is 0 Å². The highest BCUT2D eigenvalue weighted by atomic mass is 32.1. The second kappa shape index (κ2) is 8.36. The number of fused-ring (bicyclic) bond motifs is 3. The summed E-state index contributed by atoms with van der Waals surface area (Å²) in [5.41, 5.74) is 9.28. The summed E-state index contributed by atoms with van der Waals surface area (Å²) >= 11 is 5.60. The Morgan fingerprint density at radius 1 is 1.04 bits per heavy atom. The molecule has 0 aliphatic heterocycles. The molecule has 3 nitrogen and oxygen atoms in total. The highest BCUT2D eigenvalue weighted by molar-refractivity contribution is 7.80. The highest BCUT2D eigenvalue weighted by Crippen LogP contribution is 2.29. The Bertz CT molecular complexity index is 980. The van der Waals surface area contributed by atoms with Gasteiger partial charge in [0, 0.05) is 28.8 Å². The highest BCUT2D eigenvalue weighted by Gasteiger charge is 2.15. The van der Waals surface area contributed by atoms with Crippen LogP contribution in [-0.2, 0) is 32.2 Å². The quantitative estimate of drug-likeness (QED) is 0.492. The number of H-pyrrole nitrogens is 1. The van der Waals surface area contributed by atoms with Gasteiger partial charge in [0.2, 0.25) is 0 Å². The van der Waals surface area contributed by atoms with Gasteiger partial charge in [0.25, 0.3) is 0 Å². The molecule has 0 radical (unpaired) electrons.